The van der Waals surface area contributed by atoms with Crippen molar-refractivity contribution >= 4 is 39.3 Å². The van der Waals surface area contributed by atoms with Gasteiger partial charge in [0.2, 0.25) is 0 Å². The van der Waals surface area contributed by atoms with E-state index in [2.05, 4.69) is 15.0 Å². The number of methoxy groups -OCH3 is 1. The molecule has 5 rings (SSSR count). The van der Waals surface area contributed by atoms with E-state index in [1.807, 2.05) is 12.5 Å². The van der Waals surface area contributed by atoms with Gasteiger partial charge in [0.1, 0.15) is 28.7 Å². The number of aliphatic hydroxyl groups is 1. The first kappa shape index (κ1) is 35.5. The van der Waals surface area contributed by atoms with Crippen LogP contribution in [0.4, 0.5) is 22.0 Å². The number of rotatable bonds is 8. The van der Waals surface area contributed by atoms with Crippen LogP contribution in [0, 0.1) is 11.6 Å². The number of H-pyrrole nitrogens is 1. The number of benzene rings is 2. The van der Waals surface area contributed by atoms with Gasteiger partial charge in [0, 0.05) is 46.1 Å². The third-order valence-corrected chi connectivity index (χ3v) is 7.23. The zero-order valence-electron chi connectivity index (χ0n) is 26.3. The zero-order valence-corrected chi connectivity index (χ0v) is 27.1. The molecule has 1 atom stereocenters. The number of aromatic amines is 1. The maximum Gasteiger partial charge on any atom is 0.399 e. The summed E-state index contributed by atoms with van der Waals surface area (Å²) in [4.78, 5) is 11.0. The molecule has 1 unspecified atom stereocenters. The van der Waals surface area contributed by atoms with E-state index in [-0.39, 0.29) is 22.2 Å². The van der Waals surface area contributed by atoms with E-state index in [0.29, 0.717) is 22.2 Å². The molecule has 0 radical (unpaired) electrons. The van der Waals surface area contributed by atoms with Crippen LogP contribution in [0.2, 0.25) is 0 Å². The normalized spacial score (nSPS) is 13.0. The third kappa shape index (κ3) is 7.77. The Kier molecular flexibility index (Phi) is 10.7. The topological polar surface area (TPSA) is 126 Å². The molecule has 250 valence electrons. The van der Waals surface area contributed by atoms with Crippen molar-refractivity contribution in [2.24, 2.45) is 11.6 Å². The smallest absolute Gasteiger partial charge is 0.399 e. The summed E-state index contributed by atoms with van der Waals surface area (Å²) in [5.41, 5.74) is 3.95. The summed E-state index contributed by atoms with van der Waals surface area (Å²) in [6, 6.07) is 11.7. The summed E-state index contributed by atoms with van der Waals surface area (Å²) in [5, 5.41) is 12.4. The van der Waals surface area contributed by atoms with Crippen molar-refractivity contribution in [1.82, 2.24) is 20.0 Å². The van der Waals surface area contributed by atoms with Gasteiger partial charge >= 0.3 is 6.18 Å². The molecular formula is C33H35F5N6O2S. The van der Waals surface area contributed by atoms with E-state index >= 15 is 4.39 Å². The highest BCUT2D eigenvalue weighted by Crippen LogP contribution is 2.40. The number of ether oxygens (including phenoxy) is 1. The minimum Gasteiger partial charge on any atom is -0.494 e. The Labute approximate surface area is 272 Å². The second-order valence-electron chi connectivity index (χ2n) is 11.2. The molecule has 0 fully saturated rings. The van der Waals surface area contributed by atoms with E-state index in [1.54, 1.807) is 42.2 Å². The van der Waals surface area contributed by atoms with E-state index < -0.39 is 52.8 Å². The number of thioether (sulfide) groups is 1. The average Bonchev–Trinajstić information content (AvgIpc) is 3.44. The number of fused-ring (bicyclic) bond motifs is 2. The largest absolute Gasteiger partial charge is 0.494 e. The predicted molar refractivity (Wildman–Crippen MR) is 176 cm³/mol. The van der Waals surface area contributed by atoms with Crippen molar-refractivity contribution in [3.05, 3.63) is 95.6 Å². The molecule has 0 aliphatic carbocycles. The highest BCUT2D eigenvalue weighted by molar-refractivity contribution is 7.97. The predicted octanol–water partition coefficient (Wildman–Crippen LogP) is 7.05. The van der Waals surface area contributed by atoms with E-state index in [1.165, 1.54) is 45.4 Å². The van der Waals surface area contributed by atoms with Gasteiger partial charge in [0.15, 0.2) is 5.82 Å². The number of para-hydroxylation sites is 1. The zero-order chi connectivity index (χ0) is 34.7. The lowest BCUT2D eigenvalue weighted by atomic mass is 9.92. The van der Waals surface area contributed by atoms with Crippen LogP contribution in [0.1, 0.15) is 36.6 Å². The first-order valence-electron chi connectivity index (χ1n) is 14.2. The van der Waals surface area contributed by atoms with E-state index in [4.69, 9.17) is 16.3 Å². The summed E-state index contributed by atoms with van der Waals surface area (Å²) in [7, 11) is 1.45. The molecule has 3 heterocycles. The standard InChI is InChI=1S/C31H29F5N6O2.C2H6S/c1-30(2,43)20-12-24(41-29(26(20)33)19-13-40-28-18(19)7-4-8-22(28)32)21(31(34,35)36)14-42(38)15-23(37)17-10-16-6-5-9-39-27(16)25(11-17)44-3;1-3-2/h4-13,15,21,40,43H,14,37-38H2,1-3H3;1-2H3/b23-15-;. The molecule has 0 saturated carbocycles. The molecule has 0 saturated heterocycles. The molecule has 3 aromatic heterocycles. The number of nitrogens with zero attached hydrogens (tertiary/aromatic N) is 3. The fourth-order valence-corrected chi connectivity index (χ4v) is 5.03. The Balaban J connectivity index is 0.00000160. The molecule has 0 bridgehead atoms. The molecule has 2 aromatic carbocycles. The molecule has 0 aliphatic heterocycles. The first-order valence-corrected chi connectivity index (χ1v) is 15.8. The van der Waals surface area contributed by atoms with Gasteiger partial charge in [-0.05, 0) is 56.7 Å². The van der Waals surface area contributed by atoms with Gasteiger partial charge in [0.25, 0.3) is 0 Å². The minimum absolute atomic E-state index is 0.0266. The van der Waals surface area contributed by atoms with Crippen molar-refractivity contribution in [3.8, 4) is 17.0 Å². The Morgan fingerprint density at radius 3 is 2.47 bits per heavy atom. The van der Waals surface area contributed by atoms with Crippen molar-refractivity contribution in [2.45, 2.75) is 31.5 Å². The van der Waals surface area contributed by atoms with Crippen molar-refractivity contribution in [1.29, 1.82) is 0 Å². The van der Waals surface area contributed by atoms with E-state index in [0.717, 1.165) is 17.3 Å². The highest BCUT2D eigenvalue weighted by atomic mass is 32.2. The molecule has 8 nitrogen and oxygen atoms in total. The van der Waals surface area contributed by atoms with Gasteiger partial charge in [0.05, 0.1) is 36.2 Å². The van der Waals surface area contributed by atoms with Crippen LogP contribution in [-0.2, 0) is 5.60 Å². The molecule has 14 heteroatoms. The molecule has 0 amide bonds. The lowest BCUT2D eigenvalue weighted by Crippen LogP contribution is -2.37. The number of nitrogens with one attached hydrogen (secondary N) is 1. The quantitative estimate of drug-likeness (QED) is 0.0784. The SMILES string of the molecule is COc1cc(/C(N)=C/N(N)CC(c2cc(C(C)(C)O)c(F)c(-c3c[nH]c4c(F)cccc34)n2)C(F)(F)F)cc2cccnc12.CSC. The molecule has 0 spiro atoms. The lowest BCUT2D eigenvalue weighted by Gasteiger charge is -2.27. The van der Waals surface area contributed by atoms with Gasteiger partial charge in [-0.1, -0.05) is 18.2 Å². The number of aromatic nitrogens is 3. The summed E-state index contributed by atoms with van der Waals surface area (Å²) >= 11 is 1.75. The fourth-order valence-electron chi connectivity index (χ4n) is 5.03. The lowest BCUT2D eigenvalue weighted by molar-refractivity contribution is -0.154. The summed E-state index contributed by atoms with van der Waals surface area (Å²) < 4.78 is 79.4. The number of hydrazine groups is 1. The first-order chi connectivity index (χ1) is 22.1. The number of hydrogen-bond donors (Lipinski definition) is 4. The van der Waals surface area contributed by atoms with Gasteiger partial charge in [-0.25, -0.2) is 19.6 Å². The molecule has 47 heavy (non-hydrogen) atoms. The van der Waals surface area contributed by atoms with Gasteiger partial charge < -0.3 is 25.6 Å². The van der Waals surface area contributed by atoms with Crippen LogP contribution in [0.25, 0.3) is 38.8 Å². The Bertz CT molecular complexity index is 1910. The summed E-state index contributed by atoms with van der Waals surface area (Å²) in [6.07, 6.45) is 3.17. The fraction of sp³-hybridized carbons (Fsp3) is 0.273. The van der Waals surface area contributed by atoms with Crippen LogP contribution >= 0.6 is 11.8 Å². The number of pyridine rings is 2. The summed E-state index contributed by atoms with van der Waals surface area (Å²) in [5.74, 6) is 2.44. The highest BCUT2D eigenvalue weighted by Gasteiger charge is 2.44. The molecule has 0 aliphatic rings. The van der Waals surface area contributed by atoms with Crippen LogP contribution in [0.15, 0.2) is 67.1 Å². The number of alkyl halides is 3. The number of hydrogen-bond acceptors (Lipinski definition) is 8. The number of halogens is 5. The van der Waals surface area contributed by atoms with Crippen LogP contribution in [-0.4, -0.2) is 57.4 Å². The van der Waals surface area contributed by atoms with Gasteiger partial charge in [-0.2, -0.15) is 24.9 Å². The van der Waals surface area contributed by atoms with E-state index in [9.17, 15) is 22.7 Å². The summed E-state index contributed by atoms with van der Waals surface area (Å²) in [6.45, 7) is 1.62. The molecule has 6 N–H and O–H groups in total. The van der Waals surface area contributed by atoms with Crippen LogP contribution < -0.4 is 16.3 Å². The van der Waals surface area contributed by atoms with Crippen LogP contribution in [0.5, 0.6) is 5.75 Å². The minimum atomic E-state index is -4.90. The molecule has 5 aromatic rings. The third-order valence-electron chi connectivity index (χ3n) is 7.23. The Hall–Kier alpha value is -4.40. The maximum absolute atomic E-state index is 15.8. The van der Waals surface area contributed by atoms with Gasteiger partial charge in [-0.15, -0.1) is 0 Å². The van der Waals surface area contributed by atoms with Crippen molar-refractivity contribution in [3.63, 3.8) is 0 Å². The monoisotopic (exact) mass is 674 g/mol. The average molecular weight is 675 g/mol. The number of nitrogens with two attached hydrogens (primary N) is 2. The molecular weight excluding hydrogens is 639 g/mol. The second kappa shape index (κ2) is 14.2. The van der Waals surface area contributed by atoms with Crippen molar-refractivity contribution in [2.75, 3.05) is 26.2 Å². The second-order valence-corrected chi connectivity index (χ2v) is 12.0. The van der Waals surface area contributed by atoms with Crippen molar-refractivity contribution < 1.29 is 31.8 Å². The van der Waals surface area contributed by atoms with Gasteiger partial charge in [-0.3, -0.25) is 4.98 Å². The Morgan fingerprint density at radius 1 is 1.13 bits per heavy atom. The van der Waals surface area contributed by atoms with Crippen LogP contribution in [0.3, 0.4) is 0 Å². The maximum atomic E-state index is 15.8. The Morgan fingerprint density at radius 2 is 1.83 bits per heavy atom.